The van der Waals surface area contributed by atoms with Crippen LogP contribution in [0.15, 0.2) is 21.2 Å². The Labute approximate surface area is 94.2 Å². The maximum atomic E-state index is 11.7. The summed E-state index contributed by atoms with van der Waals surface area (Å²) in [5.74, 6) is 0.385. The van der Waals surface area contributed by atoms with Gasteiger partial charge in [-0.25, -0.2) is 8.78 Å². The van der Waals surface area contributed by atoms with E-state index in [0.717, 1.165) is 0 Å². The van der Waals surface area contributed by atoms with Crippen molar-refractivity contribution in [2.45, 2.75) is 19.0 Å². The van der Waals surface area contributed by atoms with E-state index < -0.39 is 19.1 Å². The molecule has 0 saturated carbocycles. The molecule has 0 saturated heterocycles. The van der Waals surface area contributed by atoms with Gasteiger partial charge in [0, 0.05) is 13.0 Å². The lowest BCUT2D eigenvalue weighted by Gasteiger charge is -2.08. The van der Waals surface area contributed by atoms with Crippen molar-refractivity contribution in [3.05, 3.63) is 22.6 Å². The number of furan rings is 1. The quantitative estimate of drug-likeness (QED) is 0.817. The number of alkyl halides is 2. The van der Waals surface area contributed by atoms with Crippen molar-refractivity contribution < 1.29 is 23.0 Å². The molecule has 0 aliphatic rings. The van der Waals surface area contributed by atoms with Gasteiger partial charge in [-0.1, -0.05) is 0 Å². The summed E-state index contributed by atoms with van der Waals surface area (Å²) in [5, 5.41) is 9.56. The van der Waals surface area contributed by atoms with Gasteiger partial charge in [-0.05, 0) is 22.0 Å². The second-order valence-electron chi connectivity index (χ2n) is 2.90. The van der Waals surface area contributed by atoms with Crippen LogP contribution in [0.3, 0.4) is 0 Å². The molecule has 1 N–H and O–H groups in total. The number of hydrogen-bond donors (Lipinski definition) is 1. The zero-order chi connectivity index (χ0) is 11.3. The molecular weight excluding hydrogens is 274 g/mol. The first-order valence-corrected chi connectivity index (χ1v) is 5.17. The molecule has 1 atom stereocenters. The van der Waals surface area contributed by atoms with Gasteiger partial charge in [0.25, 0.3) is 6.43 Å². The van der Waals surface area contributed by atoms with Gasteiger partial charge in [0.1, 0.15) is 18.5 Å². The number of aliphatic hydroxyl groups is 1. The highest BCUT2D eigenvalue weighted by molar-refractivity contribution is 9.10. The van der Waals surface area contributed by atoms with Crippen LogP contribution in [0, 0.1) is 0 Å². The summed E-state index contributed by atoms with van der Waals surface area (Å²) >= 11 is 3.18. The third-order valence-corrected chi connectivity index (χ3v) is 2.38. The molecule has 0 amide bonds. The normalized spacial score (nSPS) is 13.4. The first kappa shape index (κ1) is 12.6. The zero-order valence-corrected chi connectivity index (χ0v) is 9.41. The standard InChI is InChI=1S/C9H11BrF2O3/c10-6-1-4-15-9(6)7(13)2-3-14-5-8(11)12/h1,4,7-8,13H,2-3,5H2. The Bertz CT molecular complexity index is 291. The summed E-state index contributed by atoms with van der Waals surface area (Å²) in [6.45, 7) is -0.537. The van der Waals surface area contributed by atoms with Gasteiger partial charge in [-0.3, -0.25) is 0 Å². The second-order valence-corrected chi connectivity index (χ2v) is 3.76. The Morgan fingerprint density at radius 1 is 1.53 bits per heavy atom. The highest BCUT2D eigenvalue weighted by Crippen LogP contribution is 2.26. The van der Waals surface area contributed by atoms with E-state index in [1.165, 1.54) is 6.26 Å². The largest absolute Gasteiger partial charge is 0.465 e. The highest BCUT2D eigenvalue weighted by Gasteiger charge is 2.14. The molecule has 0 aliphatic heterocycles. The third-order valence-electron chi connectivity index (χ3n) is 1.73. The van der Waals surface area contributed by atoms with Gasteiger partial charge in [-0.2, -0.15) is 0 Å². The summed E-state index contributed by atoms with van der Waals surface area (Å²) in [5.41, 5.74) is 0. The van der Waals surface area contributed by atoms with Gasteiger partial charge in [0.2, 0.25) is 0 Å². The maximum Gasteiger partial charge on any atom is 0.261 e. The average molecular weight is 285 g/mol. The van der Waals surface area contributed by atoms with Crippen molar-refractivity contribution in [3.63, 3.8) is 0 Å². The number of rotatable bonds is 6. The molecule has 86 valence electrons. The van der Waals surface area contributed by atoms with E-state index >= 15 is 0 Å². The van der Waals surface area contributed by atoms with Crippen LogP contribution in [0.5, 0.6) is 0 Å². The number of ether oxygens (including phenoxy) is 1. The first-order chi connectivity index (χ1) is 7.11. The molecule has 1 aromatic rings. The molecule has 3 nitrogen and oxygen atoms in total. The second kappa shape index (κ2) is 6.19. The van der Waals surface area contributed by atoms with Crippen molar-refractivity contribution in [1.29, 1.82) is 0 Å². The lowest BCUT2D eigenvalue weighted by Crippen LogP contribution is -2.08. The number of aliphatic hydroxyl groups excluding tert-OH is 1. The maximum absolute atomic E-state index is 11.7. The molecule has 0 fully saturated rings. The summed E-state index contributed by atoms with van der Waals surface area (Å²) < 4.78 is 33.7. The van der Waals surface area contributed by atoms with Gasteiger partial charge >= 0.3 is 0 Å². The van der Waals surface area contributed by atoms with Gasteiger partial charge in [0.15, 0.2) is 0 Å². The Hall–Kier alpha value is -0.460. The molecule has 0 aliphatic carbocycles. The number of halogens is 3. The predicted octanol–water partition coefficient (Wildman–Crippen LogP) is 2.75. The van der Waals surface area contributed by atoms with E-state index in [1.54, 1.807) is 6.07 Å². The fourth-order valence-corrected chi connectivity index (χ4v) is 1.51. The predicted molar refractivity (Wildman–Crippen MR) is 52.8 cm³/mol. The molecule has 1 heterocycles. The SMILES string of the molecule is OC(CCOCC(F)F)c1occc1Br. The van der Waals surface area contributed by atoms with Crippen LogP contribution < -0.4 is 0 Å². The highest BCUT2D eigenvalue weighted by atomic mass is 79.9. The molecule has 6 heteroatoms. The van der Waals surface area contributed by atoms with Crippen LogP contribution in [0.2, 0.25) is 0 Å². The summed E-state index contributed by atoms with van der Waals surface area (Å²) in [4.78, 5) is 0. The van der Waals surface area contributed by atoms with E-state index in [4.69, 9.17) is 4.42 Å². The van der Waals surface area contributed by atoms with Crippen molar-refractivity contribution >= 4 is 15.9 Å². The molecule has 1 aromatic heterocycles. The lowest BCUT2D eigenvalue weighted by atomic mass is 10.2. The van der Waals surface area contributed by atoms with Crippen molar-refractivity contribution in [3.8, 4) is 0 Å². The minimum absolute atomic E-state index is 0.0681. The Kier molecular flexibility index (Phi) is 5.21. The van der Waals surface area contributed by atoms with E-state index in [0.29, 0.717) is 10.2 Å². The van der Waals surface area contributed by atoms with Crippen molar-refractivity contribution in [2.24, 2.45) is 0 Å². The molecule has 0 spiro atoms. The summed E-state index contributed by atoms with van der Waals surface area (Å²) in [7, 11) is 0. The van der Waals surface area contributed by atoms with E-state index in [9.17, 15) is 13.9 Å². The van der Waals surface area contributed by atoms with Crippen LogP contribution >= 0.6 is 15.9 Å². The number of hydrogen-bond acceptors (Lipinski definition) is 3. The molecule has 1 unspecified atom stereocenters. The molecule has 0 aromatic carbocycles. The first-order valence-electron chi connectivity index (χ1n) is 4.38. The van der Waals surface area contributed by atoms with Gasteiger partial charge in [0.05, 0.1) is 10.7 Å². The zero-order valence-electron chi connectivity index (χ0n) is 7.83. The molecule has 0 bridgehead atoms. The lowest BCUT2D eigenvalue weighted by molar-refractivity contribution is 0.00249. The fraction of sp³-hybridized carbons (Fsp3) is 0.556. The van der Waals surface area contributed by atoms with E-state index in [2.05, 4.69) is 20.7 Å². The minimum atomic E-state index is -2.47. The molecule has 0 radical (unpaired) electrons. The van der Waals surface area contributed by atoms with Crippen molar-refractivity contribution in [1.82, 2.24) is 0 Å². The van der Waals surface area contributed by atoms with Crippen LogP contribution in [-0.4, -0.2) is 24.7 Å². The fourth-order valence-electron chi connectivity index (χ4n) is 1.04. The average Bonchev–Trinajstić information content (AvgIpc) is 2.58. The molecule has 15 heavy (non-hydrogen) atoms. The van der Waals surface area contributed by atoms with E-state index in [1.807, 2.05) is 0 Å². The topological polar surface area (TPSA) is 42.6 Å². The Morgan fingerprint density at radius 3 is 2.80 bits per heavy atom. The van der Waals surface area contributed by atoms with Crippen LogP contribution in [-0.2, 0) is 4.74 Å². The monoisotopic (exact) mass is 284 g/mol. The smallest absolute Gasteiger partial charge is 0.261 e. The minimum Gasteiger partial charge on any atom is -0.465 e. The van der Waals surface area contributed by atoms with E-state index in [-0.39, 0.29) is 13.0 Å². The Balaban J connectivity index is 2.25. The molecule has 1 rings (SSSR count). The van der Waals surface area contributed by atoms with Gasteiger partial charge < -0.3 is 14.3 Å². The molecular formula is C9H11BrF2O3. The summed E-state index contributed by atoms with van der Waals surface area (Å²) in [6.07, 6.45) is -1.66. The Morgan fingerprint density at radius 2 is 2.27 bits per heavy atom. The van der Waals surface area contributed by atoms with Crippen LogP contribution in [0.4, 0.5) is 8.78 Å². The van der Waals surface area contributed by atoms with Crippen LogP contribution in [0.1, 0.15) is 18.3 Å². The van der Waals surface area contributed by atoms with Crippen molar-refractivity contribution in [2.75, 3.05) is 13.2 Å². The van der Waals surface area contributed by atoms with Gasteiger partial charge in [-0.15, -0.1) is 0 Å². The summed E-state index contributed by atoms with van der Waals surface area (Å²) in [6, 6.07) is 1.65. The third kappa shape index (κ3) is 4.27. The van der Waals surface area contributed by atoms with Crippen LogP contribution in [0.25, 0.3) is 0 Å².